The van der Waals surface area contributed by atoms with Crippen LogP contribution in [0.5, 0.6) is 5.75 Å². The van der Waals surface area contributed by atoms with Gasteiger partial charge in [0.05, 0.1) is 12.7 Å². The fourth-order valence-electron chi connectivity index (χ4n) is 1.69. The van der Waals surface area contributed by atoms with Crippen molar-refractivity contribution in [2.75, 3.05) is 19.8 Å². The highest BCUT2D eigenvalue weighted by molar-refractivity contribution is 5.33. The van der Waals surface area contributed by atoms with E-state index in [1.54, 1.807) is 0 Å². The summed E-state index contributed by atoms with van der Waals surface area (Å²) in [7, 11) is 0. The lowest BCUT2D eigenvalue weighted by atomic mass is 10.2. The predicted molar refractivity (Wildman–Crippen MR) is 75.0 cm³/mol. The van der Waals surface area contributed by atoms with Crippen LogP contribution in [0.4, 0.5) is 0 Å². The normalized spacial score (nSPS) is 10.9. The molecule has 0 radical (unpaired) electrons. The minimum atomic E-state index is 0.323. The molecule has 0 fully saturated rings. The number of rotatable bonds is 9. The number of hydrogen-bond donors (Lipinski definition) is 1. The van der Waals surface area contributed by atoms with Crippen molar-refractivity contribution in [3.63, 3.8) is 0 Å². The van der Waals surface area contributed by atoms with Gasteiger partial charge < -0.3 is 14.8 Å². The van der Waals surface area contributed by atoms with Gasteiger partial charge in [-0.25, -0.2) is 0 Å². The highest BCUT2D eigenvalue weighted by atomic mass is 16.5. The summed E-state index contributed by atoms with van der Waals surface area (Å²) in [4.78, 5) is 0. The molecule has 3 nitrogen and oxygen atoms in total. The number of ether oxygens (including phenoxy) is 2. The van der Waals surface area contributed by atoms with Gasteiger partial charge in [-0.05, 0) is 39.8 Å². The van der Waals surface area contributed by atoms with Gasteiger partial charge in [0, 0.05) is 18.7 Å². The summed E-state index contributed by atoms with van der Waals surface area (Å²) < 4.78 is 11.1. The van der Waals surface area contributed by atoms with Crippen molar-refractivity contribution in [2.45, 2.75) is 39.8 Å². The van der Waals surface area contributed by atoms with E-state index < -0.39 is 0 Å². The average molecular weight is 251 g/mol. The number of nitrogens with one attached hydrogen (secondary N) is 1. The van der Waals surface area contributed by atoms with E-state index >= 15 is 0 Å². The number of para-hydroxylation sites is 1. The van der Waals surface area contributed by atoms with Crippen LogP contribution in [0.3, 0.4) is 0 Å². The average Bonchev–Trinajstić information content (AvgIpc) is 2.35. The van der Waals surface area contributed by atoms with Gasteiger partial charge in [-0.1, -0.05) is 18.2 Å². The summed E-state index contributed by atoms with van der Waals surface area (Å²) in [6.07, 6.45) is 1.36. The van der Waals surface area contributed by atoms with E-state index in [4.69, 9.17) is 9.47 Å². The van der Waals surface area contributed by atoms with Crippen molar-refractivity contribution in [2.24, 2.45) is 0 Å². The fraction of sp³-hybridized carbons (Fsp3) is 0.600. The first kappa shape index (κ1) is 15.0. The first-order valence-electron chi connectivity index (χ1n) is 6.77. The van der Waals surface area contributed by atoms with Crippen molar-refractivity contribution in [3.8, 4) is 5.75 Å². The smallest absolute Gasteiger partial charge is 0.123 e. The van der Waals surface area contributed by atoms with E-state index in [-0.39, 0.29) is 0 Å². The van der Waals surface area contributed by atoms with Crippen molar-refractivity contribution in [3.05, 3.63) is 29.8 Å². The lowest BCUT2D eigenvalue weighted by Gasteiger charge is -2.11. The van der Waals surface area contributed by atoms with Crippen molar-refractivity contribution in [1.29, 1.82) is 0 Å². The predicted octanol–water partition coefficient (Wildman–Crippen LogP) is 2.99. The van der Waals surface area contributed by atoms with Gasteiger partial charge in [-0.2, -0.15) is 0 Å². The van der Waals surface area contributed by atoms with E-state index in [2.05, 4.69) is 25.2 Å². The minimum absolute atomic E-state index is 0.323. The summed E-state index contributed by atoms with van der Waals surface area (Å²) >= 11 is 0. The molecule has 0 aromatic heterocycles. The molecule has 0 saturated carbocycles. The van der Waals surface area contributed by atoms with Gasteiger partial charge in [0.2, 0.25) is 0 Å². The second kappa shape index (κ2) is 8.95. The monoisotopic (exact) mass is 251 g/mol. The van der Waals surface area contributed by atoms with E-state index in [0.717, 1.165) is 31.9 Å². The summed E-state index contributed by atoms with van der Waals surface area (Å²) in [6.45, 7) is 9.47. The Morgan fingerprint density at radius 2 is 2.00 bits per heavy atom. The van der Waals surface area contributed by atoms with Crippen molar-refractivity contribution >= 4 is 0 Å². The molecule has 1 rings (SSSR count). The third-order valence-electron chi connectivity index (χ3n) is 2.54. The molecule has 0 aliphatic heterocycles. The molecule has 1 N–H and O–H groups in total. The number of benzene rings is 1. The van der Waals surface area contributed by atoms with Crippen LogP contribution < -0.4 is 10.1 Å². The second-order valence-corrected chi connectivity index (χ2v) is 4.49. The molecule has 0 aliphatic carbocycles. The molecule has 1 aromatic carbocycles. The maximum atomic E-state index is 5.58. The molecule has 0 heterocycles. The first-order valence-corrected chi connectivity index (χ1v) is 6.77. The Hall–Kier alpha value is -1.06. The van der Waals surface area contributed by atoms with E-state index in [9.17, 15) is 0 Å². The maximum absolute atomic E-state index is 5.58. The molecule has 102 valence electrons. The zero-order chi connectivity index (χ0) is 13.2. The van der Waals surface area contributed by atoms with Gasteiger partial charge in [-0.3, -0.25) is 0 Å². The molecule has 18 heavy (non-hydrogen) atoms. The molecule has 0 bridgehead atoms. The zero-order valence-corrected chi connectivity index (χ0v) is 11.7. The Bertz CT molecular complexity index is 326. The third kappa shape index (κ3) is 6.03. The molecule has 0 spiro atoms. The third-order valence-corrected chi connectivity index (χ3v) is 2.54. The summed E-state index contributed by atoms with van der Waals surface area (Å²) in [5, 5.41) is 3.41. The van der Waals surface area contributed by atoms with Gasteiger partial charge in [0.25, 0.3) is 0 Å². The van der Waals surface area contributed by atoms with Crippen LogP contribution in [0.1, 0.15) is 32.8 Å². The van der Waals surface area contributed by atoms with Crippen LogP contribution in [0.2, 0.25) is 0 Å². The molecule has 3 heteroatoms. The van der Waals surface area contributed by atoms with E-state index in [1.165, 1.54) is 5.56 Å². The molecular weight excluding hydrogens is 226 g/mol. The molecule has 0 unspecified atom stereocenters. The molecule has 1 aromatic rings. The number of hydrogen-bond acceptors (Lipinski definition) is 3. The van der Waals surface area contributed by atoms with Gasteiger partial charge in [0.15, 0.2) is 0 Å². The SMILES string of the molecule is CCOc1ccccc1CNCCCOC(C)C. The lowest BCUT2D eigenvalue weighted by molar-refractivity contribution is 0.0770. The van der Waals surface area contributed by atoms with E-state index in [0.29, 0.717) is 12.7 Å². The Morgan fingerprint density at radius 3 is 2.72 bits per heavy atom. The summed E-state index contributed by atoms with van der Waals surface area (Å²) in [5.41, 5.74) is 1.21. The van der Waals surface area contributed by atoms with Gasteiger partial charge in [-0.15, -0.1) is 0 Å². The van der Waals surface area contributed by atoms with Crippen molar-refractivity contribution in [1.82, 2.24) is 5.32 Å². The summed E-state index contributed by atoms with van der Waals surface area (Å²) in [5.74, 6) is 0.978. The largest absolute Gasteiger partial charge is 0.494 e. The highest BCUT2D eigenvalue weighted by Gasteiger charge is 2.01. The van der Waals surface area contributed by atoms with Crippen molar-refractivity contribution < 1.29 is 9.47 Å². The standard InChI is InChI=1S/C15H25NO2/c1-4-17-15-9-6-5-8-14(15)12-16-10-7-11-18-13(2)3/h5-6,8-9,13,16H,4,7,10-12H2,1-3H3. The van der Waals surface area contributed by atoms with Crippen LogP contribution >= 0.6 is 0 Å². The Balaban J connectivity index is 2.22. The topological polar surface area (TPSA) is 30.5 Å². The zero-order valence-electron chi connectivity index (χ0n) is 11.7. The second-order valence-electron chi connectivity index (χ2n) is 4.49. The van der Waals surface area contributed by atoms with Crippen LogP contribution in [0.25, 0.3) is 0 Å². The molecular formula is C15H25NO2. The van der Waals surface area contributed by atoms with Crippen LogP contribution in [-0.4, -0.2) is 25.9 Å². The molecule has 0 saturated heterocycles. The fourth-order valence-corrected chi connectivity index (χ4v) is 1.69. The van der Waals surface area contributed by atoms with Crippen LogP contribution in [0.15, 0.2) is 24.3 Å². The first-order chi connectivity index (χ1) is 8.74. The quantitative estimate of drug-likeness (QED) is 0.684. The van der Waals surface area contributed by atoms with Crippen LogP contribution in [0, 0.1) is 0 Å². The minimum Gasteiger partial charge on any atom is -0.494 e. The van der Waals surface area contributed by atoms with E-state index in [1.807, 2.05) is 25.1 Å². The lowest BCUT2D eigenvalue weighted by Crippen LogP contribution is -2.17. The summed E-state index contributed by atoms with van der Waals surface area (Å²) in [6, 6.07) is 8.16. The van der Waals surface area contributed by atoms with Gasteiger partial charge in [0.1, 0.15) is 5.75 Å². The maximum Gasteiger partial charge on any atom is 0.123 e. The molecule has 0 atom stereocenters. The van der Waals surface area contributed by atoms with Crippen LogP contribution in [-0.2, 0) is 11.3 Å². The molecule has 0 aliphatic rings. The van der Waals surface area contributed by atoms with Gasteiger partial charge >= 0.3 is 0 Å². The Labute approximate surface area is 110 Å². The molecule has 0 amide bonds. The highest BCUT2D eigenvalue weighted by Crippen LogP contribution is 2.17. The Kier molecular flexibility index (Phi) is 7.46. The Morgan fingerprint density at radius 1 is 1.22 bits per heavy atom.